The number of ether oxygens (including phenoxy) is 2. The van der Waals surface area contributed by atoms with E-state index in [1.807, 2.05) is 24.4 Å². The van der Waals surface area contributed by atoms with Crippen LogP contribution in [0.4, 0.5) is 0 Å². The molecule has 0 bridgehead atoms. The summed E-state index contributed by atoms with van der Waals surface area (Å²) in [5, 5.41) is 2.43. The van der Waals surface area contributed by atoms with Gasteiger partial charge in [0.05, 0.1) is 0 Å². The number of para-hydroxylation sites is 1. The fourth-order valence-electron chi connectivity index (χ4n) is 2.01. The molecule has 1 unspecified atom stereocenters. The fraction of sp³-hybridized carbons (Fsp3) is 0.235. The molecule has 0 amide bonds. The van der Waals surface area contributed by atoms with Crippen molar-refractivity contribution in [3.63, 3.8) is 0 Å². The molecule has 0 saturated heterocycles. The molecule has 0 fully saturated rings. The molecule has 0 radical (unpaired) electrons. The molecule has 1 atom stereocenters. The Labute approximate surface area is 127 Å². The van der Waals surface area contributed by atoms with Crippen LogP contribution in [0.2, 0.25) is 0 Å². The normalized spacial score (nSPS) is 11.6. The summed E-state index contributed by atoms with van der Waals surface area (Å²) < 4.78 is 10.6. The van der Waals surface area contributed by atoms with Crippen LogP contribution in [0.1, 0.15) is 11.1 Å². The van der Waals surface area contributed by atoms with Crippen molar-refractivity contribution in [2.24, 2.45) is 4.99 Å². The van der Waals surface area contributed by atoms with E-state index < -0.39 is 0 Å². The van der Waals surface area contributed by atoms with Crippen molar-refractivity contribution in [2.75, 3.05) is 21.0 Å². The quantitative estimate of drug-likeness (QED) is 0.466. The molecule has 21 heavy (non-hydrogen) atoms. The van der Waals surface area contributed by atoms with Gasteiger partial charge >= 0.3 is 0 Å². The third kappa shape index (κ3) is 4.38. The highest BCUT2D eigenvalue weighted by atomic mass is 31.1. The van der Waals surface area contributed by atoms with Gasteiger partial charge in [-0.05, 0) is 24.4 Å². The topological polar surface area (TPSA) is 30.8 Å². The maximum absolute atomic E-state index is 5.63. The molecule has 2 rings (SSSR count). The van der Waals surface area contributed by atoms with Crippen LogP contribution in [0.25, 0.3) is 0 Å². The number of hydrogen-bond acceptors (Lipinski definition) is 3. The minimum Gasteiger partial charge on any atom is -0.467 e. The molecule has 0 aliphatic heterocycles. The van der Waals surface area contributed by atoms with E-state index in [1.165, 1.54) is 16.2 Å². The highest BCUT2D eigenvalue weighted by Gasteiger charge is 2.07. The van der Waals surface area contributed by atoms with Crippen molar-refractivity contribution in [1.82, 2.24) is 0 Å². The van der Waals surface area contributed by atoms with Crippen molar-refractivity contribution in [3.05, 3.63) is 53.6 Å². The molecular weight excluding hydrogens is 281 g/mol. The van der Waals surface area contributed by atoms with Crippen LogP contribution in [0.5, 0.6) is 5.75 Å². The third-order valence-corrected chi connectivity index (χ3v) is 4.37. The van der Waals surface area contributed by atoms with Crippen molar-refractivity contribution in [2.45, 2.75) is 6.92 Å². The first-order valence-electron chi connectivity index (χ1n) is 6.75. The number of aryl methyl sites for hydroxylation is 1. The molecule has 0 aromatic heterocycles. The minimum absolute atomic E-state index is 0.263. The van der Waals surface area contributed by atoms with Crippen molar-refractivity contribution in [1.29, 1.82) is 0 Å². The summed E-state index contributed by atoms with van der Waals surface area (Å²) in [6, 6.07) is 14.5. The maximum atomic E-state index is 5.63. The SMILES string of the molecule is C/N=C/c1cc(C)ccc1Pc1ccccc1OCOC. The third-order valence-electron chi connectivity index (χ3n) is 2.96. The molecule has 110 valence electrons. The Kier molecular flexibility index (Phi) is 5.91. The standard InChI is InChI=1S/C17H20NO2P/c1-13-8-9-16(14(10-13)11-18-2)21-17-7-5-4-6-15(17)20-12-19-3/h4-11,21H,12H2,1-3H3/b18-11+. The summed E-state index contributed by atoms with van der Waals surface area (Å²) in [5.41, 5.74) is 2.40. The predicted molar refractivity (Wildman–Crippen MR) is 91.2 cm³/mol. The summed E-state index contributed by atoms with van der Waals surface area (Å²) in [4.78, 5) is 4.15. The summed E-state index contributed by atoms with van der Waals surface area (Å²) in [6.07, 6.45) is 1.91. The van der Waals surface area contributed by atoms with E-state index in [1.54, 1.807) is 14.2 Å². The number of benzene rings is 2. The van der Waals surface area contributed by atoms with Gasteiger partial charge in [-0.25, -0.2) is 0 Å². The average molecular weight is 301 g/mol. The molecule has 0 N–H and O–H groups in total. The summed E-state index contributed by atoms with van der Waals surface area (Å²) in [7, 11) is 3.94. The Morgan fingerprint density at radius 3 is 2.71 bits per heavy atom. The van der Waals surface area contributed by atoms with Gasteiger partial charge in [-0.15, -0.1) is 0 Å². The Morgan fingerprint density at radius 2 is 1.95 bits per heavy atom. The zero-order valence-electron chi connectivity index (χ0n) is 12.6. The van der Waals surface area contributed by atoms with E-state index in [0.29, 0.717) is 8.58 Å². The lowest BCUT2D eigenvalue weighted by Gasteiger charge is -2.12. The lowest BCUT2D eigenvalue weighted by molar-refractivity contribution is 0.0519. The van der Waals surface area contributed by atoms with Crippen LogP contribution < -0.4 is 15.3 Å². The monoisotopic (exact) mass is 301 g/mol. The molecule has 2 aromatic rings. The second-order valence-electron chi connectivity index (χ2n) is 4.65. The molecule has 0 spiro atoms. The number of hydrogen-bond donors (Lipinski definition) is 0. The van der Waals surface area contributed by atoms with Crippen LogP contribution >= 0.6 is 8.58 Å². The first kappa shape index (κ1) is 15.7. The number of rotatable bonds is 6. The van der Waals surface area contributed by atoms with E-state index in [2.05, 4.69) is 36.2 Å². The van der Waals surface area contributed by atoms with Gasteiger partial charge in [0.2, 0.25) is 0 Å². The second-order valence-corrected chi connectivity index (χ2v) is 5.98. The van der Waals surface area contributed by atoms with Crippen molar-refractivity contribution in [3.8, 4) is 5.75 Å². The zero-order valence-corrected chi connectivity index (χ0v) is 13.6. The van der Waals surface area contributed by atoms with Gasteiger partial charge in [-0.2, -0.15) is 0 Å². The van der Waals surface area contributed by atoms with Crippen LogP contribution in [0.15, 0.2) is 47.5 Å². The average Bonchev–Trinajstić information content (AvgIpc) is 2.49. The van der Waals surface area contributed by atoms with Crippen LogP contribution in [0, 0.1) is 6.92 Å². The van der Waals surface area contributed by atoms with E-state index in [0.717, 1.165) is 11.3 Å². The van der Waals surface area contributed by atoms with Gasteiger partial charge in [-0.3, -0.25) is 4.99 Å². The first-order valence-corrected chi connectivity index (χ1v) is 7.75. The van der Waals surface area contributed by atoms with E-state index in [9.17, 15) is 0 Å². The Hall–Kier alpha value is -1.70. The number of aliphatic imine (C=N–C) groups is 1. The van der Waals surface area contributed by atoms with Crippen molar-refractivity contribution < 1.29 is 9.47 Å². The van der Waals surface area contributed by atoms with Gasteiger partial charge in [0, 0.05) is 31.2 Å². The van der Waals surface area contributed by atoms with E-state index in [4.69, 9.17) is 9.47 Å². The summed E-state index contributed by atoms with van der Waals surface area (Å²) >= 11 is 0. The summed E-state index contributed by atoms with van der Waals surface area (Å²) in [5.74, 6) is 0.873. The molecular formula is C17H20NO2P. The Morgan fingerprint density at radius 1 is 1.14 bits per heavy atom. The molecule has 0 aliphatic rings. The minimum atomic E-state index is 0.263. The Balaban J connectivity index is 2.30. The molecule has 0 heterocycles. The Bertz CT molecular complexity index is 626. The van der Waals surface area contributed by atoms with Crippen molar-refractivity contribution >= 4 is 25.4 Å². The van der Waals surface area contributed by atoms with Crippen LogP contribution in [-0.2, 0) is 4.74 Å². The molecule has 4 heteroatoms. The highest BCUT2D eigenvalue weighted by Crippen LogP contribution is 2.21. The fourth-order valence-corrected chi connectivity index (χ4v) is 3.20. The molecule has 0 saturated carbocycles. The van der Waals surface area contributed by atoms with Gasteiger partial charge < -0.3 is 9.47 Å². The summed E-state index contributed by atoms with van der Waals surface area (Å²) in [6.45, 7) is 2.36. The van der Waals surface area contributed by atoms with Crippen LogP contribution in [0.3, 0.4) is 0 Å². The van der Waals surface area contributed by atoms with Gasteiger partial charge in [0.25, 0.3) is 0 Å². The number of methoxy groups -OCH3 is 1. The molecule has 0 aliphatic carbocycles. The highest BCUT2D eigenvalue weighted by molar-refractivity contribution is 7.56. The van der Waals surface area contributed by atoms with E-state index in [-0.39, 0.29) is 6.79 Å². The lowest BCUT2D eigenvalue weighted by atomic mass is 10.1. The first-order chi connectivity index (χ1) is 10.2. The molecule has 3 nitrogen and oxygen atoms in total. The second kappa shape index (κ2) is 7.92. The molecule has 2 aromatic carbocycles. The van der Waals surface area contributed by atoms with E-state index >= 15 is 0 Å². The lowest BCUT2D eigenvalue weighted by Crippen LogP contribution is -2.12. The zero-order chi connectivity index (χ0) is 15.1. The predicted octanol–water partition coefficient (Wildman–Crippen LogP) is 2.66. The van der Waals surface area contributed by atoms with Gasteiger partial charge in [0.15, 0.2) is 6.79 Å². The largest absolute Gasteiger partial charge is 0.467 e. The number of nitrogens with zero attached hydrogens (tertiary/aromatic N) is 1. The van der Waals surface area contributed by atoms with Gasteiger partial charge in [-0.1, -0.05) is 44.5 Å². The van der Waals surface area contributed by atoms with Crippen LogP contribution in [-0.4, -0.2) is 27.2 Å². The smallest absolute Gasteiger partial charge is 0.188 e. The van der Waals surface area contributed by atoms with Gasteiger partial charge in [0.1, 0.15) is 5.75 Å². The maximum Gasteiger partial charge on any atom is 0.188 e.